The first-order valence-corrected chi connectivity index (χ1v) is 8.96. The lowest BCUT2D eigenvalue weighted by Gasteiger charge is -2.18. The van der Waals surface area contributed by atoms with Gasteiger partial charge in [-0.25, -0.2) is 9.97 Å². The minimum atomic E-state index is -0.438. The topological polar surface area (TPSA) is 101 Å². The van der Waals surface area contributed by atoms with Crippen LogP contribution in [-0.2, 0) is 0 Å². The Morgan fingerprint density at radius 2 is 2.12 bits per heavy atom. The molecule has 7 nitrogen and oxygen atoms in total. The van der Waals surface area contributed by atoms with Gasteiger partial charge in [0.1, 0.15) is 5.82 Å². The highest BCUT2D eigenvalue weighted by molar-refractivity contribution is 7.10. The first-order chi connectivity index (χ1) is 12.6. The van der Waals surface area contributed by atoms with E-state index in [9.17, 15) is 15.2 Å². The van der Waals surface area contributed by atoms with Crippen molar-refractivity contribution in [3.8, 4) is 11.4 Å². The van der Waals surface area contributed by atoms with Crippen LogP contribution in [0, 0.1) is 17.0 Å². The van der Waals surface area contributed by atoms with E-state index < -0.39 is 4.92 Å². The number of non-ortho nitro benzene ring substituents is 1. The van der Waals surface area contributed by atoms with Crippen LogP contribution < -0.4 is 5.32 Å². The summed E-state index contributed by atoms with van der Waals surface area (Å²) in [7, 11) is 0. The van der Waals surface area contributed by atoms with Crippen molar-refractivity contribution in [3.05, 3.63) is 68.5 Å². The van der Waals surface area contributed by atoms with Crippen LogP contribution in [0.25, 0.3) is 11.4 Å². The van der Waals surface area contributed by atoms with Gasteiger partial charge in [-0.15, -0.1) is 11.3 Å². The van der Waals surface area contributed by atoms with Crippen LogP contribution in [0.5, 0.6) is 0 Å². The van der Waals surface area contributed by atoms with Crippen LogP contribution in [0.2, 0.25) is 0 Å². The number of aromatic nitrogens is 2. The van der Waals surface area contributed by atoms with Crippen LogP contribution in [0.1, 0.15) is 23.0 Å². The van der Waals surface area contributed by atoms with Gasteiger partial charge >= 0.3 is 0 Å². The van der Waals surface area contributed by atoms with Crippen LogP contribution in [0.15, 0.2) is 47.8 Å². The fourth-order valence-electron chi connectivity index (χ4n) is 2.61. The molecule has 0 amide bonds. The minimum absolute atomic E-state index is 0.00106. The molecule has 2 aromatic heterocycles. The van der Waals surface area contributed by atoms with Crippen molar-refractivity contribution >= 4 is 22.8 Å². The number of benzene rings is 1. The fraction of sp³-hybridized carbons (Fsp3) is 0.222. The summed E-state index contributed by atoms with van der Waals surface area (Å²) in [4.78, 5) is 20.6. The maximum absolute atomic E-state index is 11.0. The Balaban J connectivity index is 1.92. The quantitative estimate of drug-likeness (QED) is 0.482. The molecule has 1 unspecified atom stereocenters. The zero-order valence-electron chi connectivity index (χ0n) is 14.1. The average molecular weight is 370 g/mol. The molecule has 0 radical (unpaired) electrons. The van der Waals surface area contributed by atoms with Crippen molar-refractivity contribution in [2.75, 3.05) is 11.9 Å². The summed E-state index contributed by atoms with van der Waals surface area (Å²) in [5.74, 6) is 1.04. The van der Waals surface area contributed by atoms with Crippen molar-refractivity contribution in [3.63, 3.8) is 0 Å². The molecular weight excluding hydrogens is 352 g/mol. The summed E-state index contributed by atoms with van der Waals surface area (Å²) < 4.78 is 0. The van der Waals surface area contributed by atoms with Gasteiger partial charge in [-0.05, 0) is 24.8 Å². The smallest absolute Gasteiger partial charge is 0.270 e. The molecule has 0 aliphatic rings. The van der Waals surface area contributed by atoms with Crippen LogP contribution in [-0.4, -0.2) is 26.6 Å². The highest BCUT2D eigenvalue weighted by atomic mass is 32.1. The van der Waals surface area contributed by atoms with E-state index >= 15 is 0 Å². The van der Waals surface area contributed by atoms with Crippen LogP contribution >= 0.6 is 11.3 Å². The standard InChI is InChI=1S/C18H18N4O3S/c1-12-10-17(20-15(7-8-23)16-6-3-9-26-16)21-18(19-12)13-4-2-5-14(11-13)22(24)25/h2-6,9-11,15,23H,7-8H2,1H3,(H,19,20,21). The molecular formula is C18H18N4O3S. The Bertz CT molecular complexity index is 899. The average Bonchev–Trinajstić information content (AvgIpc) is 3.15. The number of nitro groups is 1. The first-order valence-electron chi connectivity index (χ1n) is 8.08. The molecule has 2 N–H and O–H groups in total. The minimum Gasteiger partial charge on any atom is -0.396 e. The third kappa shape index (κ3) is 4.22. The maximum atomic E-state index is 11.0. The number of rotatable bonds is 7. The molecule has 134 valence electrons. The lowest BCUT2D eigenvalue weighted by atomic mass is 10.1. The van der Waals surface area contributed by atoms with E-state index in [0.717, 1.165) is 10.6 Å². The van der Waals surface area contributed by atoms with Gasteiger partial charge in [0.25, 0.3) is 5.69 Å². The fourth-order valence-corrected chi connectivity index (χ4v) is 3.43. The van der Waals surface area contributed by atoms with E-state index in [1.807, 2.05) is 30.5 Å². The Labute approximate surface area is 154 Å². The van der Waals surface area contributed by atoms with Gasteiger partial charge in [0.15, 0.2) is 5.82 Å². The lowest BCUT2D eigenvalue weighted by Crippen LogP contribution is -2.13. The van der Waals surface area contributed by atoms with Gasteiger partial charge < -0.3 is 10.4 Å². The highest BCUT2D eigenvalue weighted by Crippen LogP contribution is 2.27. The van der Waals surface area contributed by atoms with Crippen molar-refractivity contribution in [1.29, 1.82) is 0 Å². The highest BCUT2D eigenvalue weighted by Gasteiger charge is 2.15. The number of aliphatic hydroxyl groups excluding tert-OH is 1. The van der Waals surface area contributed by atoms with Gasteiger partial charge in [-0.3, -0.25) is 10.1 Å². The number of nitrogens with one attached hydrogen (secondary N) is 1. The largest absolute Gasteiger partial charge is 0.396 e. The Hall–Kier alpha value is -2.84. The number of nitro benzene ring substituents is 1. The lowest BCUT2D eigenvalue weighted by molar-refractivity contribution is -0.384. The molecule has 0 fully saturated rings. The summed E-state index contributed by atoms with van der Waals surface area (Å²) >= 11 is 1.61. The molecule has 0 bridgehead atoms. The molecule has 8 heteroatoms. The van der Waals surface area contributed by atoms with Crippen molar-refractivity contribution in [2.24, 2.45) is 0 Å². The third-order valence-electron chi connectivity index (χ3n) is 3.80. The Morgan fingerprint density at radius 3 is 2.81 bits per heavy atom. The van der Waals surface area contributed by atoms with Gasteiger partial charge in [-0.2, -0.15) is 0 Å². The summed E-state index contributed by atoms with van der Waals surface area (Å²) in [6, 6.07) is 12.0. The monoisotopic (exact) mass is 370 g/mol. The first kappa shape index (κ1) is 18.0. The molecule has 3 aromatic rings. The Morgan fingerprint density at radius 1 is 1.27 bits per heavy atom. The summed E-state index contributed by atoms with van der Waals surface area (Å²) in [5.41, 5.74) is 1.33. The van der Waals surface area contributed by atoms with E-state index in [4.69, 9.17) is 0 Å². The number of thiophene rings is 1. The van der Waals surface area contributed by atoms with Gasteiger partial charge in [0, 0.05) is 40.9 Å². The summed E-state index contributed by atoms with van der Waals surface area (Å²) in [5, 5.41) is 25.7. The van der Waals surface area contributed by atoms with Crippen LogP contribution in [0.4, 0.5) is 11.5 Å². The second kappa shape index (κ2) is 8.03. The number of hydrogen-bond acceptors (Lipinski definition) is 7. The Kier molecular flexibility index (Phi) is 5.55. The van der Waals surface area contributed by atoms with Crippen molar-refractivity contribution < 1.29 is 10.0 Å². The van der Waals surface area contributed by atoms with Gasteiger partial charge in [-0.1, -0.05) is 18.2 Å². The van der Waals surface area contributed by atoms with E-state index in [2.05, 4.69) is 15.3 Å². The molecule has 0 saturated carbocycles. The SMILES string of the molecule is Cc1cc(NC(CCO)c2cccs2)nc(-c2cccc([N+](=O)[O-])c2)n1. The normalized spacial score (nSPS) is 11.9. The number of aliphatic hydroxyl groups is 1. The number of anilines is 1. The van der Waals surface area contributed by atoms with Crippen molar-refractivity contribution in [1.82, 2.24) is 9.97 Å². The molecule has 2 heterocycles. The molecule has 26 heavy (non-hydrogen) atoms. The zero-order valence-corrected chi connectivity index (χ0v) is 14.9. The van der Waals surface area contributed by atoms with Gasteiger partial charge in [0.2, 0.25) is 0 Å². The van der Waals surface area contributed by atoms with Gasteiger partial charge in [0.05, 0.1) is 11.0 Å². The second-order valence-corrected chi connectivity index (χ2v) is 6.73. The summed E-state index contributed by atoms with van der Waals surface area (Å²) in [6.07, 6.45) is 0.551. The molecule has 0 saturated heterocycles. The number of hydrogen-bond donors (Lipinski definition) is 2. The van der Waals surface area contributed by atoms with E-state index in [-0.39, 0.29) is 18.3 Å². The molecule has 1 aromatic carbocycles. The molecule has 3 rings (SSSR count). The molecule has 0 aliphatic heterocycles. The van der Waals surface area contributed by atoms with E-state index in [1.165, 1.54) is 12.1 Å². The second-order valence-electron chi connectivity index (χ2n) is 5.75. The summed E-state index contributed by atoms with van der Waals surface area (Å²) in [6.45, 7) is 1.90. The van der Waals surface area contributed by atoms with Crippen molar-refractivity contribution in [2.45, 2.75) is 19.4 Å². The van der Waals surface area contributed by atoms with E-state index in [1.54, 1.807) is 23.5 Å². The molecule has 0 aliphatic carbocycles. The predicted molar refractivity (Wildman–Crippen MR) is 101 cm³/mol. The van der Waals surface area contributed by atoms with E-state index in [0.29, 0.717) is 23.6 Å². The molecule has 1 atom stereocenters. The third-order valence-corrected chi connectivity index (χ3v) is 4.78. The van der Waals surface area contributed by atoms with Crippen LogP contribution in [0.3, 0.4) is 0 Å². The number of aryl methyl sites for hydroxylation is 1. The zero-order chi connectivity index (χ0) is 18.5. The molecule has 0 spiro atoms. The predicted octanol–water partition coefficient (Wildman–Crippen LogP) is 3.96. The maximum Gasteiger partial charge on any atom is 0.270 e. The number of nitrogens with zero attached hydrogens (tertiary/aromatic N) is 3.